The number of rotatable bonds is 2. The number of amides is 1. The van der Waals surface area contributed by atoms with E-state index in [0.29, 0.717) is 5.69 Å². The lowest BCUT2D eigenvalue weighted by molar-refractivity contribution is 0.0712. The Hall–Kier alpha value is -1.78. The van der Waals surface area contributed by atoms with Crippen molar-refractivity contribution in [2.24, 2.45) is 10.8 Å². The maximum absolute atomic E-state index is 12.4. The predicted octanol–water partition coefficient (Wildman–Crippen LogP) is 2.72. The molecule has 2 rings (SSSR count). The third-order valence-electron chi connectivity index (χ3n) is 4.35. The van der Waals surface area contributed by atoms with E-state index in [1.54, 1.807) is 6.92 Å². The van der Waals surface area contributed by atoms with Gasteiger partial charge in [0.2, 0.25) is 0 Å². The van der Waals surface area contributed by atoms with E-state index in [1.165, 1.54) is 6.07 Å². The molecule has 0 saturated heterocycles. The molecule has 1 saturated carbocycles. The van der Waals surface area contributed by atoms with Crippen molar-refractivity contribution >= 4 is 5.91 Å². The van der Waals surface area contributed by atoms with E-state index >= 15 is 0 Å². The summed E-state index contributed by atoms with van der Waals surface area (Å²) in [5.74, 6) is -0.496. The molecule has 1 fully saturated rings. The minimum absolute atomic E-state index is 0.0362. The highest BCUT2D eigenvalue weighted by Gasteiger charge is 2.39. The SMILES string of the molecule is Cc1[nH]c(=O)c(C(=O)NC2CC(C)(C)CC(C)(C)C2)cc1O. The zero-order valence-corrected chi connectivity index (χ0v) is 14.0. The minimum Gasteiger partial charge on any atom is -0.506 e. The molecule has 1 aliphatic rings. The lowest BCUT2D eigenvalue weighted by atomic mass is 9.63. The molecule has 3 N–H and O–H groups in total. The Balaban J connectivity index is 2.19. The first-order valence-electron chi connectivity index (χ1n) is 7.73. The van der Waals surface area contributed by atoms with Crippen LogP contribution >= 0.6 is 0 Å². The van der Waals surface area contributed by atoms with Gasteiger partial charge in [-0.25, -0.2) is 0 Å². The van der Waals surface area contributed by atoms with E-state index in [-0.39, 0.29) is 28.2 Å². The normalized spacial score (nSPS) is 20.6. The molecule has 22 heavy (non-hydrogen) atoms. The number of aromatic hydroxyl groups is 1. The Bertz CT molecular complexity index is 628. The fourth-order valence-electron chi connectivity index (χ4n) is 3.99. The molecule has 122 valence electrons. The lowest BCUT2D eigenvalue weighted by Gasteiger charge is -2.45. The number of H-pyrrole nitrogens is 1. The van der Waals surface area contributed by atoms with Crippen molar-refractivity contribution < 1.29 is 9.90 Å². The molecule has 0 bridgehead atoms. The highest BCUT2D eigenvalue weighted by molar-refractivity contribution is 5.94. The molecule has 5 nitrogen and oxygen atoms in total. The van der Waals surface area contributed by atoms with Gasteiger partial charge >= 0.3 is 0 Å². The number of hydrogen-bond acceptors (Lipinski definition) is 3. The summed E-state index contributed by atoms with van der Waals surface area (Å²) in [5.41, 5.74) is 0.163. The Morgan fingerprint density at radius 1 is 1.27 bits per heavy atom. The van der Waals surface area contributed by atoms with Crippen molar-refractivity contribution in [1.82, 2.24) is 10.3 Å². The first-order valence-corrected chi connectivity index (χ1v) is 7.73. The largest absolute Gasteiger partial charge is 0.506 e. The summed E-state index contributed by atoms with van der Waals surface area (Å²) >= 11 is 0. The highest BCUT2D eigenvalue weighted by Crippen LogP contribution is 2.45. The molecule has 1 amide bonds. The van der Waals surface area contributed by atoms with Crippen LogP contribution in [0.3, 0.4) is 0 Å². The summed E-state index contributed by atoms with van der Waals surface area (Å²) in [7, 11) is 0. The van der Waals surface area contributed by atoms with Gasteiger partial charge in [0.1, 0.15) is 11.3 Å². The van der Waals surface area contributed by atoms with Gasteiger partial charge in [-0.05, 0) is 43.1 Å². The van der Waals surface area contributed by atoms with Crippen LogP contribution in [0, 0.1) is 17.8 Å². The summed E-state index contributed by atoms with van der Waals surface area (Å²) in [5, 5.41) is 12.7. The maximum atomic E-state index is 12.4. The first kappa shape index (κ1) is 16.6. The van der Waals surface area contributed by atoms with E-state index in [1.807, 2.05) is 0 Å². The molecule has 1 aromatic heterocycles. The number of aromatic nitrogens is 1. The van der Waals surface area contributed by atoms with Gasteiger partial charge in [-0.2, -0.15) is 0 Å². The zero-order chi connectivity index (χ0) is 16.7. The smallest absolute Gasteiger partial charge is 0.261 e. The van der Waals surface area contributed by atoms with Gasteiger partial charge < -0.3 is 15.4 Å². The standard InChI is InChI=1S/C17H26N2O3/c1-10-13(20)6-12(14(21)18-10)15(22)19-11-7-16(2,3)9-17(4,5)8-11/h6,11,20H,7-9H2,1-5H3,(H,18,21)(H,19,22). The molecule has 1 aliphatic carbocycles. The van der Waals surface area contributed by atoms with Crippen LogP contribution in [-0.2, 0) is 0 Å². The Labute approximate surface area is 131 Å². The quantitative estimate of drug-likeness (QED) is 0.785. The third-order valence-corrected chi connectivity index (χ3v) is 4.35. The van der Waals surface area contributed by atoms with Crippen LogP contribution in [0.15, 0.2) is 10.9 Å². The van der Waals surface area contributed by atoms with Gasteiger partial charge in [-0.15, -0.1) is 0 Å². The van der Waals surface area contributed by atoms with Crippen LogP contribution in [0.2, 0.25) is 0 Å². The fraction of sp³-hybridized carbons (Fsp3) is 0.647. The van der Waals surface area contributed by atoms with Crippen molar-refractivity contribution in [2.75, 3.05) is 0 Å². The van der Waals surface area contributed by atoms with E-state index in [4.69, 9.17) is 0 Å². The van der Waals surface area contributed by atoms with Gasteiger partial charge in [0.25, 0.3) is 11.5 Å². The van der Waals surface area contributed by atoms with Gasteiger partial charge in [0.05, 0.1) is 5.69 Å². The topological polar surface area (TPSA) is 82.2 Å². The zero-order valence-electron chi connectivity index (χ0n) is 14.0. The van der Waals surface area contributed by atoms with Crippen molar-refractivity contribution in [2.45, 2.75) is 59.9 Å². The van der Waals surface area contributed by atoms with E-state index in [0.717, 1.165) is 19.3 Å². The third kappa shape index (κ3) is 3.70. The predicted molar refractivity (Wildman–Crippen MR) is 86.1 cm³/mol. The Kier molecular flexibility index (Phi) is 4.11. The number of hydrogen-bond donors (Lipinski definition) is 3. The molecule has 0 unspecified atom stereocenters. The number of aromatic amines is 1. The fourth-order valence-corrected chi connectivity index (χ4v) is 3.99. The number of pyridine rings is 1. The van der Waals surface area contributed by atoms with Gasteiger partial charge in [0, 0.05) is 6.04 Å². The van der Waals surface area contributed by atoms with Crippen molar-refractivity contribution in [1.29, 1.82) is 0 Å². The first-order chi connectivity index (χ1) is 9.99. The Morgan fingerprint density at radius 2 is 1.82 bits per heavy atom. The van der Waals surface area contributed by atoms with Crippen LogP contribution in [0.4, 0.5) is 0 Å². The molecule has 0 aliphatic heterocycles. The summed E-state index contributed by atoms with van der Waals surface area (Å²) in [4.78, 5) is 26.8. The van der Waals surface area contributed by atoms with Gasteiger partial charge in [-0.3, -0.25) is 9.59 Å². The van der Waals surface area contributed by atoms with Crippen LogP contribution in [0.1, 0.15) is 63.0 Å². The molecule has 1 aromatic rings. The van der Waals surface area contributed by atoms with Crippen LogP contribution in [0.25, 0.3) is 0 Å². The second kappa shape index (κ2) is 5.45. The molecular formula is C17H26N2O3. The molecule has 5 heteroatoms. The second-order valence-corrected chi connectivity index (χ2v) is 8.11. The maximum Gasteiger partial charge on any atom is 0.261 e. The molecule has 1 heterocycles. The summed E-state index contributed by atoms with van der Waals surface area (Å²) < 4.78 is 0. The lowest BCUT2D eigenvalue weighted by Crippen LogP contribution is -2.46. The van der Waals surface area contributed by atoms with E-state index in [2.05, 4.69) is 38.0 Å². The van der Waals surface area contributed by atoms with Crippen LogP contribution in [0.5, 0.6) is 5.75 Å². The monoisotopic (exact) mass is 306 g/mol. The molecule has 0 aromatic carbocycles. The van der Waals surface area contributed by atoms with Gasteiger partial charge in [0.15, 0.2) is 0 Å². The molecular weight excluding hydrogens is 280 g/mol. The average molecular weight is 306 g/mol. The van der Waals surface area contributed by atoms with E-state index in [9.17, 15) is 14.7 Å². The van der Waals surface area contributed by atoms with Crippen molar-refractivity contribution in [3.05, 3.63) is 27.7 Å². The number of carbonyl (C=O) groups excluding carboxylic acids is 1. The molecule has 0 radical (unpaired) electrons. The molecule has 0 spiro atoms. The Morgan fingerprint density at radius 3 is 2.36 bits per heavy atom. The van der Waals surface area contributed by atoms with Crippen LogP contribution < -0.4 is 10.9 Å². The van der Waals surface area contributed by atoms with Crippen molar-refractivity contribution in [3.8, 4) is 5.75 Å². The van der Waals surface area contributed by atoms with Gasteiger partial charge in [-0.1, -0.05) is 27.7 Å². The summed E-state index contributed by atoms with van der Waals surface area (Å²) in [6.07, 6.45) is 2.88. The number of carbonyl (C=O) groups is 1. The number of nitrogens with one attached hydrogen (secondary N) is 2. The molecule has 0 atom stereocenters. The second-order valence-electron chi connectivity index (χ2n) is 8.11. The highest BCUT2D eigenvalue weighted by atomic mass is 16.3. The average Bonchev–Trinajstić information content (AvgIpc) is 2.29. The van der Waals surface area contributed by atoms with E-state index < -0.39 is 11.5 Å². The summed E-state index contributed by atoms with van der Waals surface area (Å²) in [6.45, 7) is 10.4. The minimum atomic E-state index is -0.470. The van der Waals surface area contributed by atoms with Crippen LogP contribution in [-0.4, -0.2) is 22.0 Å². The van der Waals surface area contributed by atoms with Crippen molar-refractivity contribution in [3.63, 3.8) is 0 Å². The number of aryl methyl sites for hydroxylation is 1. The summed E-state index contributed by atoms with van der Waals surface area (Å²) in [6, 6.07) is 1.27.